The number of esters is 3. The number of amides is 2. The van der Waals surface area contributed by atoms with Crippen molar-refractivity contribution in [3.63, 3.8) is 0 Å². The number of rotatable bonds is 15. The smallest absolute Gasteiger partial charge is 0.410 e. The highest BCUT2D eigenvalue weighted by Gasteiger charge is 2.38. The molecule has 15 nitrogen and oxygen atoms in total. The van der Waals surface area contributed by atoms with Crippen molar-refractivity contribution in [2.24, 2.45) is 11.8 Å². The molecular weight excluding hydrogens is 764 g/mol. The predicted molar refractivity (Wildman–Crippen MR) is 218 cm³/mol. The topological polar surface area (TPSA) is 196 Å². The van der Waals surface area contributed by atoms with Gasteiger partial charge in [-0.25, -0.2) is 28.8 Å². The number of carbonyl (C=O) groups excluding carboxylic acids is 5. The molecule has 0 radical (unpaired) electrons. The molecule has 4 atom stereocenters. The third kappa shape index (κ3) is 20.9. The van der Waals surface area contributed by atoms with E-state index in [1.807, 2.05) is 60.7 Å². The van der Waals surface area contributed by atoms with E-state index in [1.54, 1.807) is 41.5 Å². The van der Waals surface area contributed by atoms with Crippen LogP contribution in [-0.4, -0.2) is 106 Å². The van der Waals surface area contributed by atoms with Gasteiger partial charge in [0, 0.05) is 14.1 Å². The van der Waals surface area contributed by atoms with E-state index >= 15 is 0 Å². The summed E-state index contributed by atoms with van der Waals surface area (Å²) in [6.07, 6.45) is 1.86. The number of hydrogen-bond acceptors (Lipinski definition) is 12. The van der Waals surface area contributed by atoms with Gasteiger partial charge in [-0.15, -0.1) is 0 Å². The van der Waals surface area contributed by atoms with Crippen LogP contribution < -0.4 is 0 Å². The molecule has 15 heteroatoms. The van der Waals surface area contributed by atoms with Crippen LogP contribution >= 0.6 is 0 Å². The van der Waals surface area contributed by atoms with Gasteiger partial charge in [-0.1, -0.05) is 86.3 Å². The van der Waals surface area contributed by atoms with Gasteiger partial charge in [0.15, 0.2) is 6.10 Å². The van der Waals surface area contributed by atoms with E-state index in [9.17, 15) is 28.8 Å². The highest BCUT2D eigenvalue weighted by atomic mass is 16.6. The second-order valence-electron chi connectivity index (χ2n) is 16.9. The second kappa shape index (κ2) is 23.4. The molecule has 2 N–H and O–H groups in total. The lowest BCUT2D eigenvalue weighted by molar-refractivity contribution is -0.170. The lowest BCUT2D eigenvalue weighted by Gasteiger charge is -2.30. The molecule has 328 valence electrons. The van der Waals surface area contributed by atoms with E-state index in [4.69, 9.17) is 33.9 Å². The molecule has 0 aromatic heterocycles. The molecule has 2 amide bonds. The van der Waals surface area contributed by atoms with Crippen LogP contribution in [0.25, 0.3) is 0 Å². The third-order valence-electron chi connectivity index (χ3n) is 8.78. The van der Waals surface area contributed by atoms with Crippen LogP contribution in [0.1, 0.15) is 105 Å². The highest BCUT2D eigenvalue weighted by molar-refractivity contribution is 5.84. The van der Waals surface area contributed by atoms with Crippen molar-refractivity contribution in [1.82, 2.24) is 9.80 Å². The van der Waals surface area contributed by atoms with Crippen LogP contribution in [0.15, 0.2) is 60.7 Å². The van der Waals surface area contributed by atoms with Gasteiger partial charge in [0.05, 0.1) is 0 Å². The molecule has 2 saturated carbocycles. The number of aliphatic carboxylic acids is 1. The van der Waals surface area contributed by atoms with Crippen molar-refractivity contribution in [3.05, 3.63) is 71.8 Å². The Hall–Kier alpha value is -5.18. The maximum Gasteiger partial charge on any atom is 0.410 e. The van der Waals surface area contributed by atoms with Gasteiger partial charge in [0.1, 0.15) is 42.6 Å². The van der Waals surface area contributed by atoms with Crippen LogP contribution in [-0.2, 0) is 56.1 Å². The number of carboxylic acid groups (broad SMARTS) is 1. The first-order valence-corrected chi connectivity index (χ1v) is 19.9. The Labute approximate surface area is 348 Å². The largest absolute Gasteiger partial charge is 0.480 e. The summed E-state index contributed by atoms with van der Waals surface area (Å²) in [5.41, 5.74) is 0.481. The van der Waals surface area contributed by atoms with Gasteiger partial charge in [-0.3, -0.25) is 9.80 Å². The fraction of sp³-hybridized carbons (Fsp3) is 0.591. The second-order valence-corrected chi connectivity index (χ2v) is 16.9. The summed E-state index contributed by atoms with van der Waals surface area (Å²) in [4.78, 5) is 73.5. The van der Waals surface area contributed by atoms with Crippen molar-refractivity contribution in [2.75, 3.05) is 14.1 Å². The Morgan fingerprint density at radius 3 is 1.36 bits per heavy atom. The fourth-order valence-corrected chi connectivity index (χ4v) is 5.09. The number of aliphatic hydroxyl groups is 1. The van der Waals surface area contributed by atoms with Crippen LogP contribution in [0.3, 0.4) is 0 Å². The number of carboxylic acids is 1. The zero-order chi connectivity index (χ0) is 44.5. The molecule has 0 heterocycles. The first-order valence-electron chi connectivity index (χ1n) is 19.9. The van der Waals surface area contributed by atoms with Crippen LogP contribution in [0.4, 0.5) is 9.59 Å². The Morgan fingerprint density at radius 2 is 1.00 bits per heavy atom. The Kier molecular flexibility index (Phi) is 19.8. The van der Waals surface area contributed by atoms with E-state index < -0.39 is 71.6 Å². The lowest BCUT2D eigenvalue weighted by Crippen LogP contribution is -2.47. The van der Waals surface area contributed by atoms with Crippen LogP contribution in [0.5, 0.6) is 0 Å². The zero-order valence-corrected chi connectivity index (χ0v) is 36.2. The molecule has 2 aromatic carbocycles. The van der Waals surface area contributed by atoms with Gasteiger partial charge in [-0.2, -0.15) is 0 Å². The van der Waals surface area contributed by atoms with Crippen LogP contribution in [0.2, 0.25) is 0 Å². The minimum absolute atomic E-state index is 0.102. The van der Waals surface area contributed by atoms with Crippen molar-refractivity contribution in [1.29, 1.82) is 0 Å². The molecule has 0 bridgehead atoms. The number of ether oxygens (including phenoxy) is 5. The Bertz CT molecular complexity index is 1650. The minimum atomic E-state index is -1.07. The number of likely N-dealkylation sites (N-methyl/N-ethyl adjacent to an activating group) is 2. The van der Waals surface area contributed by atoms with E-state index in [-0.39, 0.29) is 13.2 Å². The van der Waals surface area contributed by atoms with Crippen molar-refractivity contribution in [3.8, 4) is 0 Å². The summed E-state index contributed by atoms with van der Waals surface area (Å²) in [6, 6.07) is 17.0. The summed E-state index contributed by atoms with van der Waals surface area (Å²) in [5, 5.41) is 17.9. The van der Waals surface area contributed by atoms with Gasteiger partial charge >= 0.3 is 36.1 Å². The van der Waals surface area contributed by atoms with E-state index in [1.165, 1.54) is 37.7 Å². The molecule has 2 aliphatic carbocycles. The van der Waals surface area contributed by atoms with Crippen molar-refractivity contribution >= 4 is 36.1 Å². The maximum atomic E-state index is 12.7. The van der Waals surface area contributed by atoms with E-state index in [0.29, 0.717) is 24.7 Å². The molecule has 4 rings (SSSR count). The van der Waals surface area contributed by atoms with Gasteiger partial charge in [0.2, 0.25) is 0 Å². The summed E-state index contributed by atoms with van der Waals surface area (Å²) in [5.74, 6) is -2.01. The first kappa shape index (κ1) is 50.0. The molecule has 2 aliphatic rings. The Morgan fingerprint density at radius 1 is 0.627 bits per heavy atom. The number of aliphatic hydroxyl groups excluding tert-OH is 1. The fourth-order valence-electron chi connectivity index (χ4n) is 5.09. The molecular formula is C44H64N2O13. The number of carbonyl (C=O) groups is 6. The Balaban J connectivity index is 0.000000337. The normalized spacial score (nSPS) is 15.4. The molecule has 59 heavy (non-hydrogen) atoms. The molecule has 2 aromatic rings. The summed E-state index contributed by atoms with van der Waals surface area (Å²) in [6.45, 7) is 13.7. The molecule has 0 aliphatic heterocycles. The van der Waals surface area contributed by atoms with Crippen molar-refractivity contribution in [2.45, 2.75) is 143 Å². The van der Waals surface area contributed by atoms with E-state index in [0.717, 1.165) is 36.8 Å². The van der Waals surface area contributed by atoms with Crippen molar-refractivity contribution < 1.29 is 62.7 Å². The summed E-state index contributed by atoms with van der Waals surface area (Å²) >= 11 is 0. The quantitative estimate of drug-likeness (QED) is 0.139. The summed E-state index contributed by atoms with van der Waals surface area (Å²) in [7, 11) is 3.00. The average Bonchev–Trinajstić information content (AvgIpc) is 4.10. The van der Waals surface area contributed by atoms with E-state index in [2.05, 4.69) is 0 Å². The zero-order valence-electron chi connectivity index (χ0n) is 36.2. The molecule has 0 unspecified atom stereocenters. The molecule has 2 fully saturated rings. The van der Waals surface area contributed by atoms with Gasteiger partial charge in [-0.05, 0) is 91.2 Å². The van der Waals surface area contributed by atoms with Gasteiger partial charge in [0.25, 0.3) is 0 Å². The summed E-state index contributed by atoms with van der Waals surface area (Å²) < 4.78 is 25.9. The first-order chi connectivity index (χ1) is 27.5. The predicted octanol–water partition coefficient (Wildman–Crippen LogP) is 6.91. The highest BCUT2D eigenvalue weighted by Crippen LogP contribution is 2.36. The maximum absolute atomic E-state index is 12.7. The SMILES string of the molecule is CN(C(=O)OC(C)(C)C)[C@@H](CC1CC1)C(=O)O.C[C@@H](OC(=O)[C@H](CC1CC1)N(C)C(=O)OC(C)(C)C)C(=O)OCc1ccccc1.C[C@H](O)C(=O)OCc1ccccc1. The number of benzene rings is 2. The minimum Gasteiger partial charge on any atom is -0.480 e. The number of hydrogen-bond donors (Lipinski definition) is 2. The molecule has 0 saturated heterocycles. The number of nitrogens with zero attached hydrogens (tertiary/aromatic N) is 2. The van der Waals surface area contributed by atoms with Gasteiger partial charge < -0.3 is 33.9 Å². The standard InChI is InChI=1S/C22H31NO6.C12H21NO4.C10H12O3/c1-15(19(24)27-14-17-9-7-6-8-10-17)28-20(25)18(13-16-11-12-16)23(5)21(26)29-22(2,3)4;1-12(2,3)17-11(16)13(4)9(10(14)15)7-8-5-6-8;1-8(11)10(12)13-7-9-5-3-2-4-6-9/h6-10,15-16,18H,11-14H2,1-5H3;8-9H,5-7H2,1-4H3,(H,14,15);2-6,8,11H,7H2,1H3/t15-,18+;9-;8-/m100/s1. The van der Waals surface area contributed by atoms with Crippen LogP contribution in [0, 0.1) is 11.8 Å². The third-order valence-corrected chi connectivity index (χ3v) is 8.78. The average molecular weight is 829 g/mol. The monoisotopic (exact) mass is 828 g/mol. The lowest BCUT2D eigenvalue weighted by atomic mass is 10.1. The molecule has 0 spiro atoms.